The van der Waals surface area contributed by atoms with Gasteiger partial charge in [0.1, 0.15) is 6.17 Å². The minimum Gasteiger partial charge on any atom is -0.246 e. The van der Waals surface area contributed by atoms with Gasteiger partial charge in [-0.25, -0.2) is 4.39 Å². The van der Waals surface area contributed by atoms with Crippen LogP contribution in [-0.4, -0.2) is 6.17 Å². The number of halogens is 1. The van der Waals surface area contributed by atoms with Crippen LogP contribution in [0.4, 0.5) is 4.39 Å². The predicted molar refractivity (Wildman–Crippen MR) is 37.0 cm³/mol. The molecule has 0 aliphatic heterocycles. The Kier molecular flexibility index (Phi) is 2.26. The molecule has 0 spiro atoms. The largest absolute Gasteiger partial charge is 0.246 e. The third kappa shape index (κ3) is 1.47. The molecule has 0 bridgehead atoms. The fourth-order valence-corrected chi connectivity index (χ4v) is 1.46. The van der Waals surface area contributed by atoms with E-state index in [-0.39, 0.29) is 5.92 Å². The highest BCUT2D eigenvalue weighted by Gasteiger charge is 2.27. The Morgan fingerprint density at radius 1 is 1.50 bits per heavy atom. The first-order valence-corrected chi connectivity index (χ1v) is 3.77. The number of nitrogens with zero attached hydrogens (tertiary/aromatic N) is 1. The highest BCUT2D eigenvalue weighted by Crippen LogP contribution is 2.30. The summed E-state index contributed by atoms with van der Waals surface area (Å²) in [7, 11) is 0. The van der Waals surface area contributed by atoms with Crippen LogP contribution in [0.3, 0.4) is 0 Å². The van der Waals surface area contributed by atoms with Gasteiger partial charge in [0.25, 0.3) is 0 Å². The highest BCUT2D eigenvalue weighted by atomic mass is 19.1. The molecule has 0 aromatic heterocycles. The van der Waals surface area contributed by atoms with E-state index < -0.39 is 6.17 Å². The number of nitriles is 1. The topological polar surface area (TPSA) is 23.8 Å². The first-order valence-electron chi connectivity index (χ1n) is 3.77. The quantitative estimate of drug-likeness (QED) is 0.507. The molecule has 3 atom stereocenters. The van der Waals surface area contributed by atoms with E-state index in [1.165, 1.54) is 0 Å². The summed E-state index contributed by atoms with van der Waals surface area (Å²) in [6.07, 6.45) is 1.48. The standard InChI is InChI=1S/C8H12FN/c1-6-2-3-7(5-10)8(9)4-6/h6-8H,2-4H2,1H3. The van der Waals surface area contributed by atoms with Gasteiger partial charge in [0.2, 0.25) is 0 Å². The monoisotopic (exact) mass is 141 g/mol. The molecule has 0 heterocycles. The van der Waals surface area contributed by atoms with Crippen molar-refractivity contribution in [2.75, 3.05) is 0 Å². The van der Waals surface area contributed by atoms with Crippen molar-refractivity contribution in [3.8, 4) is 6.07 Å². The zero-order chi connectivity index (χ0) is 7.56. The molecule has 1 fully saturated rings. The van der Waals surface area contributed by atoms with Gasteiger partial charge in [-0.2, -0.15) is 5.26 Å². The van der Waals surface area contributed by atoms with Crippen LogP contribution >= 0.6 is 0 Å². The lowest BCUT2D eigenvalue weighted by Crippen LogP contribution is -2.23. The molecule has 0 saturated heterocycles. The number of hydrogen-bond acceptors (Lipinski definition) is 1. The molecular weight excluding hydrogens is 129 g/mol. The third-order valence-electron chi connectivity index (χ3n) is 2.20. The van der Waals surface area contributed by atoms with Crippen LogP contribution in [0.2, 0.25) is 0 Å². The highest BCUT2D eigenvalue weighted by molar-refractivity contribution is 4.92. The van der Waals surface area contributed by atoms with Crippen LogP contribution < -0.4 is 0 Å². The van der Waals surface area contributed by atoms with Gasteiger partial charge in [-0.1, -0.05) is 6.92 Å². The van der Waals surface area contributed by atoms with Crippen LogP contribution in [0, 0.1) is 23.2 Å². The second kappa shape index (κ2) is 3.01. The normalized spacial score (nSPS) is 40.7. The molecule has 2 heteroatoms. The van der Waals surface area contributed by atoms with Crippen molar-refractivity contribution in [2.45, 2.75) is 32.4 Å². The number of rotatable bonds is 0. The maximum atomic E-state index is 12.9. The van der Waals surface area contributed by atoms with E-state index in [4.69, 9.17) is 5.26 Å². The van der Waals surface area contributed by atoms with Crippen molar-refractivity contribution >= 4 is 0 Å². The Morgan fingerprint density at radius 3 is 2.70 bits per heavy atom. The van der Waals surface area contributed by atoms with E-state index in [2.05, 4.69) is 0 Å². The molecule has 1 aliphatic rings. The molecule has 1 nitrogen and oxygen atoms in total. The number of hydrogen-bond donors (Lipinski definition) is 0. The Labute approximate surface area is 60.8 Å². The van der Waals surface area contributed by atoms with E-state index in [1.54, 1.807) is 0 Å². The molecule has 56 valence electrons. The summed E-state index contributed by atoms with van der Waals surface area (Å²) >= 11 is 0. The Morgan fingerprint density at radius 2 is 2.20 bits per heavy atom. The smallest absolute Gasteiger partial charge is 0.116 e. The molecule has 1 saturated carbocycles. The van der Waals surface area contributed by atoms with Crippen LogP contribution in [0.1, 0.15) is 26.2 Å². The first kappa shape index (κ1) is 7.53. The zero-order valence-electron chi connectivity index (χ0n) is 6.18. The van der Waals surface area contributed by atoms with Crippen LogP contribution in [0.25, 0.3) is 0 Å². The second-order valence-electron chi connectivity index (χ2n) is 3.17. The van der Waals surface area contributed by atoms with Gasteiger partial charge in [-0.15, -0.1) is 0 Å². The number of alkyl halides is 1. The van der Waals surface area contributed by atoms with E-state index in [0.717, 1.165) is 12.8 Å². The molecular formula is C8H12FN. The second-order valence-corrected chi connectivity index (χ2v) is 3.17. The van der Waals surface area contributed by atoms with E-state index >= 15 is 0 Å². The van der Waals surface area contributed by atoms with Gasteiger partial charge in [0.05, 0.1) is 12.0 Å². The fourth-order valence-electron chi connectivity index (χ4n) is 1.46. The van der Waals surface area contributed by atoms with E-state index in [9.17, 15) is 4.39 Å². The van der Waals surface area contributed by atoms with Gasteiger partial charge >= 0.3 is 0 Å². The van der Waals surface area contributed by atoms with Crippen molar-refractivity contribution in [3.05, 3.63) is 0 Å². The summed E-state index contributed by atoms with van der Waals surface area (Å²) in [5.74, 6) is 0.149. The summed E-state index contributed by atoms with van der Waals surface area (Å²) in [4.78, 5) is 0. The Hall–Kier alpha value is -0.580. The Bertz CT molecular complexity index is 150. The minimum absolute atomic E-state index is 0.323. The molecule has 1 aliphatic carbocycles. The first-order chi connectivity index (χ1) is 4.74. The lowest BCUT2D eigenvalue weighted by Gasteiger charge is -2.24. The lowest BCUT2D eigenvalue weighted by molar-refractivity contribution is 0.166. The van der Waals surface area contributed by atoms with Crippen molar-refractivity contribution in [2.24, 2.45) is 11.8 Å². The van der Waals surface area contributed by atoms with Crippen molar-refractivity contribution in [3.63, 3.8) is 0 Å². The van der Waals surface area contributed by atoms with Gasteiger partial charge in [0.15, 0.2) is 0 Å². The van der Waals surface area contributed by atoms with Gasteiger partial charge in [0, 0.05) is 0 Å². The van der Waals surface area contributed by atoms with E-state index in [0.29, 0.717) is 12.3 Å². The van der Waals surface area contributed by atoms with Crippen LogP contribution in [0.15, 0.2) is 0 Å². The fraction of sp³-hybridized carbons (Fsp3) is 0.875. The summed E-state index contributed by atoms with van der Waals surface area (Å²) in [5, 5.41) is 8.46. The molecule has 3 unspecified atom stereocenters. The summed E-state index contributed by atoms with van der Waals surface area (Å²) in [5.41, 5.74) is 0. The van der Waals surface area contributed by atoms with E-state index in [1.807, 2.05) is 13.0 Å². The SMILES string of the molecule is CC1CCC(C#N)C(F)C1. The van der Waals surface area contributed by atoms with Gasteiger partial charge in [-0.3, -0.25) is 0 Å². The molecule has 10 heavy (non-hydrogen) atoms. The van der Waals surface area contributed by atoms with Crippen LogP contribution in [-0.2, 0) is 0 Å². The predicted octanol–water partition coefficient (Wildman–Crippen LogP) is 2.28. The summed E-state index contributed by atoms with van der Waals surface area (Å²) in [6.45, 7) is 2.04. The molecule has 0 N–H and O–H groups in total. The molecule has 0 aromatic rings. The molecule has 0 aromatic carbocycles. The minimum atomic E-state index is -0.867. The average Bonchev–Trinajstić information content (AvgIpc) is 1.88. The molecule has 0 radical (unpaired) electrons. The zero-order valence-corrected chi connectivity index (χ0v) is 6.18. The van der Waals surface area contributed by atoms with Crippen molar-refractivity contribution in [1.82, 2.24) is 0 Å². The molecule has 1 rings (SSSR count). The van der Waals surface area contributed by atoms with Crippen molar-refractivity contribution < 1.29 is 4.39 Å². The third-order valence-corrected chi connectivity index (χ3v) is 2.20. The Balaban J connectivity index is 2.45. The maximum absolute atomic E-state index is 12.9. The molecule has 0 amide bonds. The van der Waals surface area contributed by atoms with Crippen LogP contribution in [0.5, 0.6) is 0 Å². The van der Waals surface area contributed by atoms with Gasteiger partial charge < -0.3 is 0 Å². The van der Waals surface area contributed by atoms with Crippen molar-refractivity contribution in [1.29, 1.82) is 5.26 Å². The van der Waals surface area contributed by atoms with Gasteiger partial charge in [-0.05, 0) is 25.2 Å². The average molecular weight is 141 g/mol. The maximum Gasteiger partial charge on any atom is 0.116 e. The lowest BCUT2D eigenvalue weighted by atomic mass is 9.82. The summed E-state index contributed by atoms with van der Waals surface area (Å²) < 4.78 is 12.9. The summed E-state index contributed by atoms with van der Waals surface area (Å²) in [6, 6.07) is 2.00.